The summed E-state index contributed by atoms with van der Waals surface area (Å²) >= 11 is 1.43. The number of nitrogens with zero attached hydrogens (tertiary/aromatic N) is 4. The van der Waals surface area contributed by atoms with E-state index in [1.807, 2.05) is 28.1 Å². The maximum absolute atomic E-state index is 12.4. The Balaban J connectivity index is 0.00000192. The molecule has 0 radical (unpaired) electrons. The van der Waals surface area contributed by atoms with Gasteiger partial charge in [0.2, 0.25) is 0 Å². The summed E-state index contributed by atoms with van der Waals surface area (Å²) in [6.07, 6.45) is 1.89. The van der Waals surface area contributed by atoms with Gasteiger partial charge in [-0.3, -0.25) is 19.3 Å². The second-order valence-electron chi connectivity index (χ2n) is 5.98. The average Bonchev–Trinajstić information content (AvgIpc) is 3.15. The number of nitro benzene ring substituents is 1. The van der Waals surface area contributed by atoms with E-state index < -0.39 is 4.92 Å². The molecule has 0 atom stereocenters. The zero-order valence-electron chi connectivity index (χ0n) is 14.1. The summed E-state index contributed by atoms with van der Waals surface area (Å²) in [6, 6.07) is 13.6. The van der Waals surface area contributed by atoms with E-state index in [-0.39, 0.29) is 23.7 Å². The van der Waals surface area contributed by atoms with Crippen LogP contribution in [0.15, 0.2) is 64.9 Å². The van der Waals surface area contributed by atoms with Crippen LogP contribution in [0.4, 0.5) is 5.69 Å². The van der Waals surface area contributed by atoms with Gasteiger partial charge in [0.15, 0.2) is 10.8 Å². The third-order valence-electron chi connectivity index (χ3n) is 4.48. The Hall–Kier alpha value is -3.36. The number of halogens is 1. The number of nitro groups is 1. The molecule has 7 nitrogen and oxygen atoms in total. The minimum absolute atomic E-state index is 0. The predicted octanol–water partition coefficient (Wildman–Crippen LogP) is 4.41. The van der Waals surface area contributed by atoms with Crippen LogP contribution in [0.1, 0.15) is 0 Å². The molecule has 1 aromatic heterocycles. The van der Waals surface area contributed by atoms with Crippen molar-refractivity contribution in [2.75, 3.05) is 0 Å². The number of hydrogen-bond acceptors (Lipinski definition) is 6. The third kappa shape index (κ3) is 2.62. The lowest BCUT2D eigenvalue weighted by Crippen LogP contribution is -2.12. The van der Waals surface area contributed by atoms with Crippen LogP contribution in [0.25, 0.3) is 38.4 Å². The Labute approximate surface area is 167 Å². The van der Waals surface area contributed by atoms with Crippen molar-refractivity contribution in [3.05, 3.63) is 80.6 Å². The van der Waals surface area contributed by atoms with E-state index >= 15 is 0 Å². The van der Waals surface area contributed by atoms with Crippen LogP contribution in [0.5, 0.6) is 0 Å². The fourth-order valence-corrected chi connectivity index (χ4v) is 4.00. The number of pyridine rings is 1. The highest BCUT2D eigenvalue weighted by atomic mass is 35.5. The largest absolute Gasteiger partial charge is 0.291 e. The molecular weight excluding hydrogens is 400 g/mol. The lowest BCUT2D eigenvalue weighted by molar-refractivity contribution is -0.384. The lowest BCUT2D eigenvalue weighted by Gasteiger charge is -2.15. The smallest absolute Gasteiger partial charge is 0.279 e. The number of hydrogen-bond donors (Lipinski definition) is 0. The Morgan fingerprint density at radius 3 is 2.43 bits per heavy atom. The van der Waals surface area contributed by atoms with Crippen LogP contribution >= 0.6 is 23.7 Å². The first-order valence-corrected chi connectivity index (χ1v) is 8.94. The molecule has 0 saturated heterocycles. The van der Waals surface area contributed by atoms with Gasteiger partial charge in [-0.05, 0) is 23.8 Å². The highest BCUT2D eigenvalue weighted by molar-refractivity contribution is 7.15. The molecule has 3 heterocycles. The molecule has 0 N–H and O–H groups in total. The van der Waals surface area contributed by atoms with E-state index in [9.17, 15) is 14.9 Å². The highest BCUT2D eigenvalue weighted by Gasteiger charge is 2.22. The van der Waals surface area contributed by atoms with Crippen molar-refractivity contribution >= 4 is 45.2 Å². The molecule has 9 heteroatoms. The monoisotopic (exact) mass is 410 g/mol. The molecule has 2 aliphatic rings. The van der Waals surface area contributed by atoms with Crippen LogP contribution in [0.3, 0.4) is 0 Å². The van der Waals surface area contributed by atoms with Gasteiger partial charge in [-0.25, -0.2) is 0 Å². The Kier molecular flexibility index (Phi) is 4.29. The first-order chi connectivity index (χ1) is 13.1. The van der Waals surface area contributed by atoms with Crippen molar-refractivity contribution in [2.24, 2.45) is 0 Å². The van der Waals surface area contributed by atoms with Gasteiger partial charge in [-0.2, -0.15) is 9.97 Å². The summed E-state index contributed by atoms with van der Waals surface area (Å²) in [4.78, 5) is 32.4. The number of benzene rings is 2. The van der Waals surface area contributed by atoms with Gasteiger partial charge >= 0.3 is 0 Å². The van der Waals surface area contributed by atoms with Gasteiger partial charge in [0, 0.05) is 34.5 Å². The van der Waals surface area contributed by atoms with Gasteiger partial charge in [0.25, 0.3) is 11.2 Å². The van der Waals surface area contributed by atoms with Gasteiger partial charge in [-0.1, -0.05) is 18.2 Å². The summed E-state index contributed by atoms with van der Waals surface area (Å²) in [5.41, 5.74) is 2.03. The van der Waals surface area contributed by atoms with Crippen molar-refractivity contribution in [3.8, 4) is 22.6 Å². The van der Waals surface area contributed by atoms with Crippen LogP contribution in [0.2, 0.25) is 0 Å². The zero-order valence-corrected chi connectivity index (χ0v) is 15.7. The van der Waals surface area contributed by atoms with E-state index in [0.717, 1.165) is 22.2 Å². The topological polar surface area (TPSA) is 90.4 Å². The molecule has 2 aromatic carbocycles. The van der Waals surface area contributed by atoms with Crippen LogP contribution < -0.4 is 5.56 Å². The molecule has 2 aliphatic heterocycles. The fraction of sp³-hybridized carbons (Fsp3) is 0. The van der Waals surface area contributed by atoms with Gasteiger partial charge < -0.3 is 0 Å². The molecule has 0 unspecified atom stereocenters. The fourth-order valence-electron chi connectivity index (χ4n) is 3.29. The normalized spacial score (nSPS) is 11.0. The van der Waals surface area contributed by atoms with E-state index in [0.29, 0.717) is 16.2 Å². The maximum Gasteiger partial charge on any atom is 0.279 e. The highest BCUT2D eigenvalue weighted by Crippen LogP contribution is 2.37. The third-order valence-corrected chi connectivity index (χ3v) is 5.23. The summed E-state index contributed by atoms with van der Waals surface area (Å²) in [6.45, 7) is 0. The molecular formula is C19H11ClN4O3S. The minimum Gasteiger partial charge on any atom is -0.291 e. The molecule has 3 aromatic rings. The van der Waals surface area contributed by atoms with Gasteiger partial charge in [-0.15, -0.1) is 23.7 Å². The maximum atomic E-state index is 12.4. The Morgan fingerprint density at radius 2 is 1.71 bits per heavy atom. The number of rotatable bonds is 2. The summed E-state index contributed by atoms with van der Waals surface area (Å²) in [5, 5.41) is 14.2. The average molecular weight is 411 g/mol. The SMILES string of the molecule is Cl.O=c1nc2nc3sccn3c(-c3ccc([N+](=O)[O-])cc3)c-2c2ccccc12. The molecule has 0 aliphatic carbocycles. The minimum atomic E-state index is -0.428. The second kappa shape index (κ2) is 6.66. The van der Waals surface area contributed by atoms with Gasteiger partial charge in [0.05, 0.1) is 16.2 Å². The first-order valence-electron chi connectivity index (χ1n) is 8.06. The quantitative estimate of drug-likeness (QED) is 0.244. The molecule has 0 spiro atoms. The Bertz CT molecular complexity index is 1380. The molecule has 5 rings (SSSR count). The second-order valence-corrected chi connectivity index (χ2v) is 6.85. The molecule has 28 heavy (non-hydrogen) atoms. The number of non-ortho nitro benzene ring substituents is 1. The van der Waals surface area contributed by atoms with Crippen molar-refractivity contribution in [2.45, 2.75) is 0 Å². The van der Waals surface area contributed by atoms with E-state index in [1.165, 1.54) is 23.5 Å². The van der Waals surface area contributed by atoms with Crippen LogP contribution in [-0.4, -0.2) is 19.3 Å². The zero-order chi connectivity index (χ0) is 18.5. The van der Waals surface area contributed by atoms with Crippen molar-refractivity contribution in [1.29, 1.82) is 0 Å². The van der Waals surface area contributed by atoms with E-state index in [2.05, 4.69) is 9.97 Å². The summed E-state index contributed by atoms with van der Waals surface area (Å²) in [5.74, 6) is 0.370. The molecule has 0 saturated carbocycles. The standard InChI is InChI=1S/C19H10N4O3S.ClH/c24-18-14-4-2-1-3-13(14)15-16(11-5-7-12(8-6-11)23(25)26)22-9-10-27-19(22)21-17(15)20-18;/h1-10H;1H. The predicted molar refractivity (Wildman–Crippen MR) is 111 cm³/mol. The molecule has 0 fully saturated rings. The first kappa shape index (κ1) is 18.0. The van der Waals surface area contributed by atoms with Gasteiger partial charge in [0.1, 0.15) is 0 Å². The Morgan fingerprint density at radius 1 is 1.00 bits per heavy atom. The molecule has 0 amide bonds. The number of aromatic nitrogens is 3. The lowest BCUT2D eigenvalue weighted by atomic mass is 9.98. The molecule has 138 valence electrons. The summed E-state index contributed by atoms with van der Waals surface area (Å²) < 4.78 is 1.92. The van der Waals surface area contributed by atoms with Crippen molar-refractivity contribution in [3.63, 3.8) is 0 Å². The van der Waals surface area contributed by atoms with Crippen molar-refractivity contribution < 1.29 is 4.92 Å². The number of thiazole rings is 1. The van der Waals surface area contributed by atoms with Crippen LogP contribution in [-0.2, 0) is 0 Å². The molecule has 0 bridgehead atoms. The van der Waals surface area contributed by atoms with Crippen molar-refractivity contribution in [1.82, 2.24) is 14.4 Å². The van der Waals surface area contributed by atoms with E-state index in [1.54, 1.807) is 24.3 Å². The van der Waals surface area contributed by atoms with Crippen LogP contribution in [0, 0.1) is 10.1 Å². The number of fused-ring (bicyclic) bond motifs is 4. The summed E-state index contributed by atoms with van der Waals surface area (Å²) in [7, 11) is 0. The van der Waals surface area contributed by atoms with E-state index in [4.69, 9.17) is 0 Å².